The van der Waals surface area contributed by atoms with Gasteiger partial charge in [0.05, 0.1) is 0 Å². The third-order valence-electron chi connectivity index (χ3n) is 4.49. The molecule has 5 heteroatoms. The standard InChI is InChI=1S/C22H25Si.3ClH.Ti/c1-2-3-6-11-18-16-21(19-12-7-4-8-13-19)22(17-18)23-20-14-9-5-10-15-20;;;;/h4-5,7-10,12-15H,2-3,6,11,17,23H2,1H3;3*1H;/q-1;;;;+4/p-3. The molecule has 0 spiro atoms. The van der Waals surface area contributed by atoms with E-state index in [0.29, 0.717) is 0 Å². The fourth-order valence-electron chi connectivity index (χ4n) is 3.27. The van der Waals surface area contributed by atoms with Crippen molar-refractivity contribution in [2.24, 2.45) is 0 Å². The molecule has 0 nitrogen and oxygen atoms in total. The first-order valence-electron chi connectivity index (χ1n) is 8.80. The summed E-state index contributed by atoms with van der Waals surface area (Å²) in [7, 11) is -0.390. The zero-order valence-corrected chi connectivity index (χ0v) is 20.9. The number of benzene rings is 2. The Morgan fingerprint density at radius 1 is 0.852 bits per heavy atom. The van der Waals surface area contributed by atoms with Crippen LogP contribution < -0.4 is 42.4 Å². The molecule has 1 aliphatic rings. The first-order valence-corrected chi connectivity index (χ1v) is 10.2. The normalized spacial score (nSPS) is 12.6. The minimum atomic E-state index is -0.390. The average Bonchev–Trinajstić information content (AvgIpc) is 2.99. The molecule has 2 aromatic rings. The maximum Gasteiger partial charge on any atom is 4.00 e. The molecule has 0 saturated carbocycles. The molecular formula is C22H25Cl3SiTi. The van der Waals surface area contributed by atoms with E-state index < -0.39 is 9.52 Å². The van der Waals surface area contributed by atoms with Gasteiger partial charge in [0, 0.05) is 9.52 Å². The van der Waals surface area contributed by atoms with E-state index in [1.807, 2.05) is 0 Å². The van der Waals surface area contributed by atoms with Gasteiger partial charge in [0.25, 0.3) is 0 Å². The molecule has 0 amide bonds. The van der Waals surface area contributed by atoms with E-state index in [4.69, 9.17) is 0 Å². The van der Waals surface area contributed by atoms with Gasteiger partial charge >= 0.3 is 21.7 Å². The van der Waals surface area contributed by atoms with Crippen molar-refractivity contribution >= 4 is 20.3 Å². The maximum absolute atomic E-state index is 3.77. The number of rotatable bonds is 7. The summed E-state index contributed by atoms with van der Waals surface area (Å²) in [5.74, 6) is 0. The van der Waals surface area contributed by atoms with Gasteiger partial charge in [-0.25, -0.2) is 0 Å². The summed E-state index contributed by atoms with van der Waals surface area (Å²) in [6, 6.07) is 21.9. The Labute approximate surface area is 200 Å². The van der Waals surface area contributed by atoms with Crippen LogP contribution in [0, 0.1) is 6.08 Å². The molecule has 3 rings (SSSR count). The Hall–Kier alpha value is -0.279. The van der Waals surface area contributed by atoms with E-state index >= 15 is 0 Å². The van der Waals surface area contributed by atoms with Gasteiger partial charge in [-0.1, -0.05) is 86.3 Å². The van der Waals surface area contributed by atoms with Crippen molar-refractivity contribution < 1.29 is 58.9 Å². The Balaban J connectivity index is 0. The third-order valence-corrected chi connectivity index (χ3v) is 6.40. The smallest absolute Gasteiger partial charge is 1.00 e. The number of unbranched alkanes of at least 4 members (excludes halogenated alkanes) is 2. The molecule has 0 bridgehead atoms. The van der Waals surface area contributed by atoms with Crippen molar-refractivity contribution in [2.45, 2.75) is 39.0 Å². The summed E-state index contributed by atoms with van der Waals surface area (Å²) in [6.07, 6.45) is 10.1. The van der Waals surface area contributed by atoms with E-state index in [-0.39, 0.29) is 58.9 Å². The van der Waals surface area contributed by atoms with Crippen LogP contribution in [0.4, 0.5) is 0 Å². The van der Waals surface area contributed by atoms with E-state index in [1.165, 1.54) is 47.6 Å². The van der Waals surface area contributed by atoms with Gasteiger partial charge < -0.3 is 37.2 Å². The van der Waals surface area contributed by atoms with Gasteiger partial charge in [0.1, 0.15) is 0 Å². The van der Waals surface area contributed by atoms with Gasteiger partial charge in [-0.05, 0) is 6.42 Å². The van der Waals surface area contributed by atoms with Crippen molar-refractivity contribution in [3.63, 3.8) is 0 Å². The molecule has 0 aliphatic heterocycles. The van der Waals surface area contributed by atoms with E-state index in [9.17, 15) is 0 Å². The fourth-order valence-corrected chi connectivity index (χ4v) is 5.17. The maximum atomic E-state index is 3.77. The zero-order chi connectivity index (χ0) is 15.9. The van der Waals surface area contributed by atoms with Crippen LogP contribution >= 0.6 is 0 Å². The SMILES string of the molecule is CCCCCC1=[C-]C(c2ccccc2)=C([SiH2]c2ccccc2)C1.[Cl-].[Cl-].[Cl-].[Ti+4]. The van der Waals surface area contributed by atoms with E-state index in [0.717, 1.165) is 6.42 Å². The summed E-state index contributed by atoms with van der Waals surface area (Å²) in [5, 5.41) is 3.20. The first-order chi connectivity index (χ1) is 11.4. The Kier molecular flexibility index (Phi) is 16.7. The molecule has 0 fully saturated rings. The van der Waals surface area contributed by atoms with Gasteiger partial charge in [-0.2, -0.15) is 16.8 Å². The Bertz CT molecular complexity index is 700. The van der Waals surface area contributed by atoms with Crippen molar-refractivity contribution in [3.8, 4) is 0 Å². The van der Waals surface area contributed by atoms with Crippen LogP contribution in [0.25, 0.3) is 5.57 Å². The third kappa shape index (κ3) is 8.73. The molecule has 0 saturated heterocycles. The topological polar surface area (TPSA) is 0 Å². The van der Waals surface area contributed by atoms with E-state index in [2.05, 4.69) is 73.7 Å². The number of hydrogen-bond donors (Lipinski definition) is 0. The minimum Gasteiger partial charge on any atom is -1.00 e. The summed E-state index contributed by atoms with van der Waals surface area (Å²) < 4.78 is 0. The molecule has 0 atom stereocenters. The summed E-state index contributed by atoms with van der Waals surface area (Å²) in [5.41, 5.74) is 4.26. The Morgan fingerprint density at radius 3 is 2.04 bits per heavy atom. The summed E-state index contributed by atoms with van der Waals surface area (Å²) >= 11 is 0. The number of hydrogen-bond acceptors (Lipinski definition) is 0. The van der Waals surface area contributed by atoms with Crippen molar-refractivity contribution in [3.05, 3.63) is 83.1 Å². The van der Waals surface area contributed by atoms with Crippen LogP contribution in [0.3, 0.4) is 0 Å². The van der Waals surface area contributed by atoms with Gasteiger partial charge in [-0.15, -0.1) is 23.3 Å². The molecule has 27 heavy (non-hydrogen) atoms. The van der Waals surface area contributed by atoms with Crippen LogP contribution in [0.2, 0.25) is 0 Å². The van der Waals surface area contributed by atoms with Gasteiger partial charge in [0.2, 0.25) is 0 Å². The largest absolute Gasteiger partial charge is 4.00 e. The van der Waals surface area contributed by atoms with Crippen LogP contribution in [0.5, 0.6) is 0 Å². The molecule has 0 aromatic heterocycles. The molecule has 0 unspecified atom stereocenters. The molecule has 2 aromatic carbocycles. The molecule has 1 aliphatic carbocycles. The Morgan fingerprint density at radius 2 is 1.44 bits per heavy atom. The van der Waals surface area contributed by atoms with Crippen LogP contribution in [-0.2, 0) is 21.7 Å². The van der Waals surface area contributed by atoms with Crippen molar-refractivity contribution in [1.29, 1.82) is 0 Å². The van der Waals surface area contributed by atoms with Crippen molar-refractivity contribution in [2.75, 3.05) is 0 Å². The predicted octanol–water partition coefficient (Wildman–Crippen LogP) is -4.38. The monoisotopic (exact) mass is 470 g/mol. The van der Waals surface area contributed by atoms with Crippen molar-refractivity contribution in [1.82, 2.24) is 0 Å². The minimum absolute atomic E-state index is 0. The van der Waals surface area contributed by atoms with Gasteiger partial charge in [0.15, 0.2) is 0 Å². The quantitative estimate of drug-likeness (QED) is 0.217. The molecule has 0 N–H and O–H groups in total. The molecular weight excluding hydrogens is 447 g/mol. The second-order valence-electron chi connectivity index (χ2n) is 6.37. The number of allylic oxidation sites excluding steroid dienone is 4. The van der Waals surface area contributed by atoms with Gasteiger partial charge in [-0.3, -0.25) is 0 Å². The second kappa shape index (κ2) is 15.6. The van der Waals surface area contributed by atoms with Crippen LogP contribution in [0.15, 0.2) is 71.4 Å². The predicted molar refractivity (Wildman–Crippen MR) is 103 cm³/mol. The zero-order valence-electron chi connectivity index (χ0n) is 15.7. The van der Waals surface area contributed by atoms with E-state index in [1.54, 1.807) is 5.20 Å². The first kappa shape index (κ1) is 28.9. The fraction of sp³-hybridized carbons (Fsp3) is 0.273. The number of halogens is 3. The average molecular weight is 472 g/mol. The molecule has 0 heterocycles. The summed E-state index contributed by atoms with van der Waals surface area (Å²) in [4.78, 5) is 0. The second-order valence-corrected chi connectivity index (χ2v) is 8.39. The van der Waals surface area contributed by atoms with Crippen LogP contribution in [0.1, 0.15) is 44.6 Å². The molecule has 142 valence electrons. The van der Waals surface area contributed by atoms with Crippen LogP contribution in [-0.4, -0.2) is 9.52 Å². The summed E-state index contributed by atoms with van der Waals surface area (Å²) in [6.45, 7) is 2.27. The molecule has 0 radical (unpaired) electrons.